The van der Waals surface area contributed by atoms with Crippen molar-refractivity contribution >= 4 is 11.9 Å². The van der Waals surface area contributed by atoms with Gasteiger partial charge in [-0.3, -0.25) is 9.59 Å². The summed E-state index contributed by atoms with van der Waals surface area (Å²) in [6.07, 6.45) is 0.138. The lowest BCUT2D eigenvalue weighted by Crippen LogP contribution is -2.50. The Hall–Kier alpha value is -1.10. The molecule has 0 aliphatic carbocycles. The van der Waals surface area contributed by atoms with Crippen LogP contribution < -0.4 is 0 Å². The Morgan fingerprint density at radius 2 is 1.93 bits per heavy atom. The van der Waals surface area contributed by atoms with Crippen LogP contribution in [0.3, 0.4) is 0 Å². The Morgan fingerprint density at radius 3 is 2.27 bits per heavy atom. The van der Waals surface area contributed by atoms with E-state index in [0.717, 1.165) is 0 Å². The molecule has 0 radical (unpaired) electrons. The molecule has 0 rings (SSSR count). The molecule has 0 saturated carbocycles. The van der Waals surface area contributed by atoms with Crippen LogP contribution in [0, 0.1) is 0 Å². The fraction of sp³-hybridized carbons (Fsp3) is 0.800. The lowest BCUT2D eigenvalue weighted by atomic mass is 10.0. The predicted octanol–water partition coefficient (Wildman–Crippen LogP) is 0.169. The minimum atomic E-state index is -0.653. The van der Waals surface area contributed by atoms with E-state index in [9.17, 15) is 9.59 Å². The van der Waals surface area contributed by atoms with Crippen molar-refractivity contribution in [3.8, 4) is 0 Å². The maximum Gasteiger partial charge on any atom is 0.307 e. The van der Waals surface area contributed by atoms with Crippen molar-refractivity contribution < 1.29 is 19.4 Å². The van der Waals surface area contributed by atoms with E-state index in [-0.39, 0.29) is 31.4 Å². The lowest BCUT2D eigenvalue weighted by Gasteiger charge is -2.36. The molecule has 88 valence electrons. The molecule has 5 heteroatoms. The van der Waals surface area contributed by atoms with Gasteiger partial charge in [-0.05, 0) is 13.8 Å². The zero-order valence-electron chi connectivity index (χ0n) is 9.74. The Morgan fingerprint density at radius 1 is 1.40 bits per heavy atom. The first-order valence-corrected chi connectivity index (χ1v) is 4.81. The number of hydrogen-bond donors (Lipinski definition) is 1. The molecule has 0 aliphatic heterocycles. The highest BCUT2D eigenvalue weighted by Gasteiger charge is 2.28. The van der Waals surface area contributed by atoms with Gasteiger partial charge in [0.2, 0.25) is 5.91 Å². The Labute approximate surface area is 90.0 Å². The molecule has 0 saturated heterocycles. The molecule has 0 aromatic rings. The van der Waals surface area contributed by atoms with Gasteiger partial charge in [-0.15, -0.1) is 0 Å². The molecule has 0 aliphatic rings. The van der Waals surface area contributed by atoms with Crippen molar-refractivity contribution in [1.82, 2.24) is 4.90 Å². The Bertz CT molecular complexity index is 238. The highest BCUT2D eigenvalue weighted by atomic mass is 16.5. The van der Waals surface area contributed by atoms with Crippen LogP contribution in [0.2, 0.25) is 0 Å². The smallest absolute Gasteiger partial charge is 0.307 e. The fourth-order valence-electron chi connectivity index (χ4n) is 1.28. The maximum atomic E-state index is 11.3. The molecule has 0 bridgehead atoms. The van der Waals surface area contributed by atoms with Crippen LogP contribution in [0.15, 0.2) is 0 Å². The van der Waals surface area contributed by atoms with Crippen molar-refractivity contribution in [2.75, 3.05) is 20.3 Å². The van der Waals surface area contributed by atoms with Gasteiger partial charge in [-0.25, -0.2) is 0 Å². The third-order valence-electron chi connectivity index (χ3n) is 2.26. The first-order valence-electron chi connectivity index (χ1n) is 4.81. The zero-order chi connectivity index (χ0) is 12.1. The number of methoxy groups -OCH3 is 1. The number of esters is 1. The monoisotopic (exact) mass is 217 g/mol. The second-order valence-electron chi connectivity index (χ2n) is 3.97. The number of ether oxygens (including phenoxy) is 1. The summed E-state index contributed by atoms with van der Waals surface area (Å²) in [5.41, 5.74) is -0.653. The molecule has 5 nitrogen and oxygen atoms in total. The van der Waals surface area contributed by atoms with Crippen molar-refractivity contribution in [3.63, 3.8) is 0 Å². The summed E-state index contributed by atoms with van der Waals surface area (Å²) >= 11 is 0. The van der Waals surface area contributed by atoms with Gasteiger partial charge < -0.3 is 14.7 Å². The summed E-state index contributed by atoms with van der Waals surface area (Å²) in [5.74, 6) is -0.534. The van der Waals surface area contributed by atoms with E-state index in [1.54, 1.807) is 13.8 Å². The fourth-order valence-corrected chi connectivity index (χ4v) is 1.28. The van der Waals surface area contributed by atoms with Gasteiger partial charge >= 0.3 is 5.97 Å². The van der Waals surface area contributed by atoms with Crippen molar-refractivity contribution in [2.24, 2.45) is 0 Å². The third kappa shape index (κ3) is 4.29. The quantitative estimate of drug-likeness (QED) is 0.666. The summed E-state index contributed by atoms with van der Waals surface area (Å²) in [6.45, 7) is 5.01. The van der Waals surface area contributed by atoms with Crippen molar-refractivity contribution in [3.05, 3.63) is 0 Å². The van der Waals surface area contributed by atoms with Gasteiger partial charge in [0.1, 0.15) is 0 Å². The van der Waals surface area contributed by atoms with E-state index in [2.05, 4.69) is 4.74 Å². The third-order valence-corrected chi connectivity index (χ3v) is 2.26. The van der Waals surface area contributed by atoms with Crippen LogP contribution in [0.1, 0.15) is 27.2 Å². The Kier molecular flexibility index (Phi) is 5.28. The van der Waals surface area contributed by atoms with Crippen LogP contribution >= 0.6 is 0 Å². The molecule has 0 heterocycles. The van der Waals surface area contributed by atoms with Crippen LogP contribution in [0.5, 0.6) is 0 Å². The molecule has 0 atom stereocenters. The van der Waals surface area contributed by atoms with Gasteiger partial charge in [0, 0.05) is 13.5 Å². The second kappa shape index (κ2) is 5.70. The molecule has 0 fully saturated rings. The first kappa shape index (κ1) is 13.9. The normalized spacial score (nSPS) is 11.0. The van der Waals surface area contributed by atoms with Crippen molar-refractivity contribution in [1.29, 1.82) is 0 Å². The van der Waals surface area contributed by atoms with Crippen LogP contribution in [0.25, 0.3) is 0 Å². The number of aliphatic hydroxyl groups is 1. The average molecular weight is 217 g/mol. The van der Waals surface area contributed by atoms with E-state index in [0.29, 0.717) is 0 Å². The number of nitrogens with zero attached hydrogens (tertiary/aromatic N) is 1. The summed E-state index contributed by atoms with van der Waals surface area (Å²) in [4.78, 5) is 23.7. The number of amides is 1. The standard InChI is InChI=1S/C10H19NO4/c1-8(13)11(10(2,3)7-12)6-5-9(14)15-4/h12H,5-7H2,1-4H3. The van der Waals surface area contributed by atoms with Gasteiger partial charge in [-0.1, -0.05) is 0 Å². The molecule has 0 unspecified atom stereocenters. The van der Waals surface area contributed by atoms with E-state index in [1.165, 1.54) is 18.9 Å². The number of carbonyl (C=O) groups excluding carboxylic acids is 2. The lowest BCUT2D eigenvalue weighted by molar-refractivity contribution is -0.143. The maximum absolute atomic E-state index is 11.3. The Balaban J connectivity index is 4.43. The average Bonchev–Trinajstić information content (AvgIpc) is 2.16. The zero-order valence-corrected chi connectivity index (χ0v) is 9.74. The highest BCUT2D eigenvalue weighted by molar-refractivity contribution is 5.75. The molecule has 1 N–H and O–H groups in total. The summed E-state index contributed by atoms with van der Waals surface area (Å²) < 4.78 is 4.49. The van der Waals surface area contributed by atoms with Gasteiger partial charge in [-0.2, -0.15) is 0 Å². The van der Waals surface area contributed by atoms with E-state index < -0.39 is 5.54 Å². The van der Waals surface area contributed by atoms with Crippen LogP contribution in [0.4, 0.5) is 0 Å². The molecular weight excluding hydrogens is 198 g/mol. The number of aliphatic hydroxyl groups excluding tert-OH is 1. The minimum absolute atomic E-state index is 0.138. The molecule has 15 heavy (non-hydrogen) atoms. The van der Waals surface area contributed by atoms with Gasteiger partial charge in [0.15, 0.2) is 0 Å². The van der Waals surface area contributed by atoms with E-state index in [1.807, 2.05) is 0 Å². The summed E-state index contributed by atoms with van der Waals surface area (Å²) in [7, 11) is 1.30. The van der Waals surface area contributed by atoms with Crippen molar-refractivity contribution in [2.45, 2.75) is 32.7 Å². The first-order chi connectivity index (χ1) is 6.85. The molecular formula is C10H19NO4. The molecule has 0 spiro atoms. The number of carbonyl (C=O) groups is 2. The molecule has 1 amide bonds. The number of hydrogen-bond acceptors (Lipinski definition) is 4. The van der Waals surface area contributed by atoms with Crippen LogP contribution in [-0.2, 0) is 14.3 Å². The highest BCUT2D eigenvalue weighted by Crippen LogP contribution is 2.14. The van der Waals surface area contributed by atoms with Crippen LogP contribution in [-0.4, -0.2) is 47.7 Å². The van der Waals surface area contributed by atoms with E-state index in [4.69, 9.17) is 5.11 Å². The predicted molar refractivity (Wildman–Crippen MR) is 55.2 cm³/mol. The largest absolute Gasteiger partial charge is 0.469 e. The SMILES string of the molecule is COC(=O)CCN(C(C)=O)C(C)(C)CO. The van der Waals surface area contributed by atoms with E-state index >= 15 is 0 Å². The summed E-state index contributed by atoms with van der Waals surface area (Å²) in [6, 6.07) is 0. The molecule has 0 aromatic carbocycles. The summed E-state index contributed by atoms with van der Waals surface area (Å²) in [5, 5.41) is 9.13. The number of rotatable bonds is 5. The van der Waals surface area contributed by atoms with Gasteiger partial charge in [0.25, 0.3) is 0 Å². The minimum Gasteiger partial charge on any atom is -0.469 e. The topological polar surface area (TPSA) is 66.8 Å². The van der Waals surface area contributed by atoms with Gasteiger partial charge in [0.05, 0.1) is 25.7 Å². The second-order valence-corrected chi connectivity index (χ2v) is 3.97. The molecule has 0 aromatic heterocycles.